The molecule has 1 aromatic heterocycles. The van der Waals surface area contributed by atoms with Crippen LogP contribution in [-0.2, 0) is 17.6 Å². The van der Waals surface area contributed by atoms with Gasteiger partial charge in [0.2, 0.25) is 0 Å². The number of carbonyl (C=O) groups is 1. The lowest BCUT2D eigenvalue weighted by atomic mass is 10.0. The van der Waals surface area contributed by atoms with Gasteiger partial charge in [0.1, 0.15) is 12.1 Å². The highest BCUT2D eigenvalue weighted by Gasteiger charge is 2.24. The average molecular weight is 230 g/mol. The molecular weight excluding hydrogens is 212 g/mol. The number of hydrogen-bond acceptors (Lipinski definition) is 3. The SMILES string of the molecule is O=CC1CCCCN1c1ccc2c(n1)CCC2. The lowest BCUT2D eigenvalue weighted by molar-refractivity contribution is -0.109. The fourth-order valence-corrected chi connectivity index (χ4v) is 2.95. The molecule has 2 heterocycles. The maximum atomic E-state index is 11.1. The highest BCUT2D eigenvalue weighted by atomic mass is 16.1. The fraction of sp³-hybridized carbons (Fsp3) is 0.571. The monoisotopic (exact) mass is 230 g/mol. The minimum Gasteiger partial charge on any atom is -0.347 e. The van der Waals surface area contributed by atoms with Crippen LogP contribution in [0.3, 0.4) is 0 Å². The van der Waals surface area contributed by atoms with E-state index >= 15 is 0 Å². The van der Waals surface area contributed by atoms with Crippen molar-refractivity contribution in [2.45, 2.75) is 44.6 Å². The summed E-state index contributed by atoms with van der Waals surface area (Å²) in [6.45, 7) is 0.967. The van der Waals surface area contributed by atoms with Crippen LogP contribution in [0.5, 0.6) is 0 Å². The van der Waals surface area contributed by atoms with Crippen molar-refractivity contribution in [3.8, 4) is 0 Å². The van der Waals surface area contributed by atoms with Crippen molar-refractivity contribution in [3.63, 3.8) is 0 Å². The Balaban J connectivity index is 1.89. The summed E-state index contributed by atoms with van der Waals surface area (Å²) in [7, 11) is 0. The van der Waals surface area contributed by atoms with Crippen LogP contribution in [0.4, 0.5) is 5.82 Å². The molecule has 0 bridgehead atoms. The second-order valence-corrected chi connectivity index (χ2v) is 5.02. The lowest BCUT2D eigenvalue weighted by Gasteiger charge is -2.33. The summed E-state index contributed by atoms with van der Waals surface area (Å²) in [5, 5.41) is 0. The summed E-state index contributed by atoms with van der Waals surface area (Å²) in [6, 6.07) is 4.32. The highest BCUT2D eigenvalue weighted by molar-refractivity contribution is 5.65. The van der Waals surface area contributed by atoms with Crippen LogP contribution in [0.2, 0.25) is 0 Å². The number of nitrogens with zero attached hydrogens (tertiary/aromatic N) is 2. The summed E-state index contributed by atoms with van der Waals surface area (Å²) < 4.78 is 0. The molecule has 0 radical (unpaired) electrons. The van der Waals surface area contributed by atoms with Gasteiger partial charge in [-0.3, -0.25) is 0 Å². The van der Waals surface area contributed by atoms with E-state index in [1.165, 1.54) is 30.5 Å². The zero-order valence-corrected chi connectivity index (χ0v) is 10.1. The van der Waals surface area contributed by atoms with Crippen LogP contribution < -0.4 is 4.90 Å². The number of rotatable bonds is 2. The largest absolute Gasteiger partial charge is 0.347 e. The molecule has 0 saturated carbocycles. The van der Waals surface area contributed by atoms with Gasteiger partial charge in [-0.1, -0.05) is 6.07 Å². The molecule has 1 aliphatic carbocycles. The zero-order valence-electron chi connectivity index (χ0n) is 10.1. The topological polar surface area (TPSA) is 33.2 Å². The molecular formula is C14H18N2O. The number of anilines is 1. The van der Waals surface area contributed by atoms with E-state index < -0.39 is 0 Å². The van der Waals surface area contributed by atoms with Crippen LogP contribution in [0.1, 0.15) is 36.9 Å². The first-order valence-electron chi connectivity index (χ1n) is 6.59. The second kappa shape index (κ2) is 4.47. The van der Waals surface area contributed by atoms with Gasteiger partial charge in [-0.15, -0.1) is 0 Å². The summed E-state index contributed by atoms with van der Waals surface area (Å²) in [4.78, 5) is 18.0. The molecule has 1 aromatic rings. The third kappa shape index (κ3) is 1.94. The van der Waals surface area contributed by atoms with Gasteiger partial charge in [-0.25, -0.2) is 4.98 Å². The molecule has 1 aliphatic heterocycles. The maximum Gasteiger partial charge on any atom is 0.142 e. The Bertz CT molecular complexity index is 430. The molecule has 1 atom stereocenters. The van der Waals surface area contributed by atoms with E-state index in [4.69, 9.17) is 4.98 Å². The number of carbonyl (C=O) groups excluding carboxylic acids is 1. The molecule has 0 N–H and O–H groups in total. The van der Waals surface area contributed by atoms with Gasteiger partial charge in [-0.2, -0.15) is 0 Å². The van der Waals surface area contributed by atoms with Gasteiger partial charge in [0.05, 0.1) is 6.04 Å². The van der Waals surface area contributed by atoms with E-state index in [9.17, 15) is 4.79 Å². The van der Waals surface area contributed by atoms with E-state index in [0.717, 1.165) is 37.9 Å². The van der Waals surface area contributed by atoms with E-state index in [1.807, 2.05) is 0 Å². The van der Waals surface area contributed by atoms with Crippen molar-refractivity contribution in [2.24, 2.45) is 0 Å². The average Bonchev–Trinajstić information content (AvgIpc) is 2.85. The highest BCUT2D eigenvalue weighted by Crippen LogP contribution is 2.26. The van der Waals surface area contributed by atoms with E-state index in [1.54, 1.807) is 0 Å². The maximum absolute atomic E-state index is 11.1. The number of aromatic nitrogens is 1. The number of aryl methyl sites for hydroxylation is 2. The molecule has 0 aromatic carbocycles. The lowest BCUT2D eigenvalue weighted by Crippen LogP contribution is -2.41. The first-order chi connectivity index (χ1) is 8.38. The van der Waals surface area contributed by atoms with Crippen molar-refractivity contribution >= 4 is 12.1 Å². The van der Waals surface area contributed by atoms with E-state index in [0.29, 0.717) is 0 Å². The summed E-state index contributed by atoms with van der Waals surface area (Å²) in [5.41, 5.74) is 2.64. The van der Waals surface area contributed by atoms with Gasteiger partial charge in [-0.05, 0) is 50.2 Å². The zero-order chi connectivity index (χ0) is 11.7. The van der Waals surface area contributed by atoms with Gasteiger partial charge in [0, 0.05) is 12.2 Å². The van der Waals surface area contributed by atoms with Gasteiger partial charge < -0.3 is 9.69 Å². The molecule has 17 heavy (non-hydrogen) atoms. The minimum absolute atomic E-state index is 0.0377. The van der Waals surface area contributed by atoms with Gasteiger partial charge in [0.25, 0.3) is 0 Å². The van der Waals surface area contributed by atoms with Crippen LogP contribution in [0.15, 0.2) is 12.1 Å². The van der Waals surface area contributed by atoms with E-state index in [2.05, 4.69) is 17.0 Å². The first kappa shape index (κ1) is 10.8. The minimum atomic E-state index is 0.0377. The Morgan fingerprint density at radius 1 is 1.24 bits per heavy atom. The van der Waals surface area contributed by atoms with Crippen molar-refractivity contribution in [1.29, 1.82) is 0 Å². The molecule has 0 spiro atoms. The summed E-state index contributed by atoms with van der Waals surface area (Å²) >= 11 is 0. The predicted octanol–water partition coefficient (Wildman–Crippen LogP) is 2.13. The molecule has 3 nitrogen and oxygen atoms in total. The third-order valence-corrected chi connectivity index (χ3v) is 3.91. The van der Waals surface area contributed by atoms with Crippen LogP contribution >= 0.6 is 0 Å². The number of aldehydes is 1. The molecule has 90 valence electrons. The van der Waals surface area contributed by atoms with Crippen LogP contribution in [0, 0.1) is 0 Å². The van der Waals surface area contributed by atoms with Crippen LogP contribution in [-0.4, -0.2) is 23.9 Å². The van der Waals surface area contributed by atoms with Gasteiger partial charge in [0.15, 0.2) is 0 Å². The summed E-state index contributed by atoms with van der Waals surface area (Å²) in [6.07, 6.45) is 7.87. The predicted molar refractivity (Wildman–Crippen MR) is 67.3 cm³/mol. The molecule has 0 amide bonds. The smallest absolute Gasteiger partial charge is 0.142 e. The molecule has 1 unspecified atom stereocenters. The normalized spacial score (nSPS) is 23.5. The number of pyridine rings is 1. The molecule has 1 saturated heterocycles. The van der Waals surface area contributed by atoms with Crippen molar-refractivity contribution in [3.05, 3.63) is 23.4 Å². The van der Waals surface area contributed by atoms with Crippen molar-refractivity contribution in [1.82, 2.24) is 4.98 Å². The number of piperidine rings is 1. The third-order valence-electron chi connectivity index (χ3n) is 3.91. The standard InChI is InChI=1S/C14H18N2O/c17-10-12-5-1-2-9-16(12)14-8-7-11-4-3-6-13(11)15-14/h7-8,10,12H,1-6,9H2. The molecule has 3 rings (SSSR count). The number of hydrogen-bond donors (Lipinski definition) is 0. The van der Waals surface area contributed by atoms with Gasteiger partial charge >= 0.3 is 0 Å². The quantitative estimate of drug-likeness (QED) is 0.730. The Kier molecular flexibility index (Phi) is 2.83. The van der Waals surface area contributed by atoms with Crippen molar-refractivity contribution < 1.29 is 4.79 Å². The Morgan fingerprint density at radius 3 is 3.06 bits per heavy atom. The molecule has 2 aliphatic rings. The van der Waals surface area contributed by atoms with Crippen molar-refractivity contribution in [2.75, 3.05) is 11.4 Å². The Hall–Kier alpha value is -1.38. The Labute approximate surface area is 102 Å². The summed E-state index contributed by atoms with van der Waals surface area (Å²) in [5.74, 6) is 1.00. The fourth-order valence-electron chi connectivity index (χ4n) is 2.95. The molecule has 3 heteroatoms. The number of fused-ring (bicyclic) bond motifs is 1. The first-order valence-corrected chi connectivity index (χ1v) is 6.59. The molecule has 1 fully saturated rings. The van der Waals surface area contributed by atoms with E-state index in [-0.39, 0.29) is 6.04 Å². The second-order valence-electron chi connectivity index (χ2n) is 5.02. The Morgan fingerprint density at radius 2 is 2.18 bits per heavy atom. The van der Waals surface area contributed by atoms with Crippen LogP contribution in [0.25, 0.3) is 0 Å².